The third kappa shape index (κ3) is 4.79. The van der Waals surface area contributed by atoms with Gasteiger partial charge in [-0.2, -0.15) is 0 Å². The molecule has 2 atom stereocenters. The molecule has 5 heteroatoms. The van der Waals surface area contributed by atoms with E-state index in [0.717, 1.165) is 18.7 Å². The van der Waals surface area contributed by atoms with Crippen LogP contribution in [0.15, 0.2) is 18.2 Å². The van der Waals surface area contributed by atoms with E-state index < -0.39 is 0 Å². The van der Waals surface area contributed by atoms with Gasteiger partial charge in [0.05, 0.1) is 18.8 Å². The fraction of sp³-hybridized carbons (Fsp3) is 0.562. The molecule has 0 aliphatic carbocycles. The summed E-state index contributed by atoms with van der Waals surface area (Å²) < 4.78 is 18.8. The van der Waals surface area contributed by atoms with Gasteiger partial charge in [0.15, 0.2) is 0 Å². The smallest absolute Gasteiger partial charge is 0.234 e. The highest BCUT2D eigenvalue weighted by Crippen LogP contribution is 2.11. The van der Waals surface area contributed by atoms with Gasteiger partial charge >= 0.3 is 0 Å². The number of ether oxygens (including phenoxy) is 1. The van der Waals surface area contributed by atoms with E-state index in [4.69, 9.17) is 4.74 Å². The van der Waals surface area contributed by atoms with Gasteiger partial charge in [0.1, 0.15) is 5.82 Å². The molecule has 1 aliphatic rings. The maximum Gasteiger partial charge on any atom is 0.234 e. The number of morpholine rings is 1. The third-order valence-electron chi connectivity index (χ3n) is 3.57. The van der Waals surface area contributed by atoms with Crippen molar-refractivity contribution >= 4 is 5.91 Å². The largest absolute Gasteiger partial charge is 0.373 e. The molecule has 116 valence electrons. The lowest BCUT2D eigenvalue weighted by molar-refractivity contribution is -0.126. The molecule has 0 unspecified atom stereocenters. The van der Waals surface area contributed by atoms with Crippen molar-refractivity contribution in [1.82, 2.24) is 10.2 Å². The normalized spacial score (nSPS) is 23.0. The molecule has 1 amide bonds. The summed E-state index contributed by atoms with van der Waals surface area (Å²) in [6.07, 6.45) is 0.308. The first-order chi connectivity index (χ1) is 9.94. The monoisotopic (exact) mass is 294 g/mol. The molecule has 1 aromatic rings. The number of aryl methyl sites for hydroxylation is 1. The molecular weight excluding hydrogens is 271 g/mol. The molecule has 1 fully saturated rings. The highest BCUT2D eigenvalue weighted by molar-refractivity contribution is 5.78. The molecule has 1 N–H and O–H groups in total. The fourth-order valence-corrected chi connectivity index (χ4v) is 2.69. The Balaban J connectivity index is 1.80. The Morgan fingerprint density at radius 1 is 1.38 bits per heavy atom. The second-order valence-electron chi connectivity index (χ2n) is 5.81. The molecule has 0 bridgehead atoms. The lowest BCUT2D eigenvalue weighted by Crippen LogP contribution is -2.49. The summed E-state index contributed by atoms with van der Waals surface area (Å²) in [5.41, 5.74) is 1.50. The Labute approximate surface area is 125 Å². The van der Waals surface area contributed by atoms with Crippen molar-refractivity contribution in [2.24, 2.45) is 0 Å². The van der Waals surface area contributed by atoms with Crippen molar-refractivity contribution in [2.75, 3.05) is 19.6 Å². The number of nitrogens with zero attached hydrogens (tertiary/aromatic N) is 1. The molecule has 0 spiro atoms. The van der Waals surface area contributed by atoms with E-state index in [0.29, 0.717) is 18.7 Å². The van der Waals surface area contributed by atoms with E-state index in [2.05, 4.69) is 10.2 Å². The van der Waals surface area contributed by atoms with E-state index in [-0.39, 0.29) is 23.9 Å². The number of carbonyl (C=O) groups is 1. The Hall–Kier alpha value is -1.46. The van der Waals surface area contributed by atoms with Gasteiger partial charge in [-0.05, 0) is 38.0 Å². The first kappa shape index (κ1) is 15.9. The fourth-order valence-electron chi connectivity index (χ4n) is 2.69. The van der Waals surface area contributed by atoms with E-state index in [1.165, 1.54) is 6.07 Å². The van der Waals surface area contributed by atoms with Crippen molar-refractivity contribution in [3.8, 4) is 0 Å². The van der Waals surface area contributed by atoms with Crippen LogP contribution in [0.25, 0.3) is 0 Å². The molecule has 4 nitrogen and oxygen atoms in total. The maximum absolute atomic E-state index is 13.2. The van der Waals surface area contributed by atoms with Crippen LogP contribution in [0.2, 0.25) is 0 Å². The molecule has 0 radical (unpaired) electrons. The van der Waals surface area contributed by atoms with Crippen molar-refractivity contribution in [3.63, 3.8) is 0 Å². The van der Waals surface area contributed by atoms with Crippen LogP contribution in [0.3, 0.4) is 0 Å². The Morgan fingerprint density at radius 2 is 2.05 bits per heavy atom. The van der Waals surface area contributed by atoms with E-state index in [1.54, 1.807) is 19.1 Å². The number of rotatable bonds is 4. The Morgan fingerprint density at radius 3 is 2.67 bits per heavy atom. The summed E-state index contributed by atoms with van der Waals surface area (Å²) in [6.45, 7) is 8.09. The summed E-state index contributed by atoms with van der Waals surface area (Å²) in [6, 6.07) is 4.89. The topological polar surface area (TPSA) is 41.6 Å². The lowest BCUT2D eigenvalue weighted by atomic mass is 10.1. The van der Waals surface area contributed by atoms with Crippen LogP contribution in [0.5, 0.6) is 0 Å². The van der Waals surface area contributed by atoms with Crippen LogP contribution in [-0.4, -0.2) is 42.6 Å². The molecule has 1 saturated heterocycles. The maximum atomic E-state index is 13.2. The number of halogens is 1. The molecule has 21 heavy (non-hydrogen) atoms. The SMILES string of the molecule is Cc1cc(CNC(=O)CN2C[C@H](C)O[C@@H](C)C2)ccc1F. The minimum Gasteiger partial charge on any atom is -0.373 e. The molecule has 1 aliphatic heterocycles. The van der Waals surface area contributed by atoms with Gasteiger partial charge in [-0.25, -0.2) is 4.39 Å². The van der Waals surface area contributed by atoms with Crippen molar-refractivity contribution in [1.29, 1.82) is 0 Å². The van der Waals surface area contributed by atoms with E-state index >= 15 is 0 Å². The first-order valence-electron chi connectivity index (χ1n) is 7.33. The number of hydrogen-bond donors (Lipinski definition) is 1. The number of amides is 1. The van der Waals surface area contributed by atoms with Crippen LogP contribution in [0.1, 0.15) is 25.0 Å². The summed E-state index contributed by atoms with van der Waals surface area (Å²) >= 11 is 0. The van der Waals surface area contributed by atoms with Crippen molar-refractivity contribution in [3.05, 3.63) is 35.1 Å². The van der Waals surface area contributed by atoms with Crippen molar-refractivity contribution < 1.29 is 13.9 Å². The highest BCUT2D eigenvalue weighted by Gasteiger charge is 2.23. The molecular formula is C16H23FN2O2. The zero-order valence-electron chi connectivity index (χ0n) is 12.9. The summed E-state index contributed by atoms with van der Waals surface area (Å²) in [5.74, 6) is -0.236. The number of carbonyl (C=O) groups excluding carboxylic acids is 1. The average molecular weight is 294 g/mol. The second kappa shape index (κ2) is 7.00. The van der Waals surface area contributed by atoms with Gasteiger partial charge in [-0.1, -0.05) is 12.1 Å². The summed E-state index contributed by atoms with van der Waals surface area (Å²) in [5, 5.41) is 2.88. The van der Waals surface area contributed by atoms with E-state index in [1.807, 2.05) is 13.8 Å². The van der Waals surface area contributed by atoms with E-state index in [9.17, 15) is 9.18 Å². The predicted octanol–water partition coefficient (Wildman–Crippen LogP) is 1.86. The van der Waals surface area contributed by atoms with Gasteiger partial charge < -0.3 is 10.1 Å². The van der Waals surface area contributed by atoms with Gasteiger partial charge in [0.2, 0.25) is 5.91 Å². The van der Waals surface area contributed by atoms with Crippen LogP contribution >= 0.6 is 0 Å². The number of hydrogen-bond acceptors (Lipinski definition) is 3. The number of benzene rings is 1. The van der Waals surface area contributed by atoms with Gasteiger partial charge in [-0.15, -0.1) is 0 Å². The Bertz CT molecular complexity index is 497. The molecule has 2 rings (SSSR count). The minimum atomic E-state index is -0.221. The van der Waals surface area contributed by atoms with Crippen molar-refractivity contribution in [2.45, 2.75) is 39.5 Å². The second-order valence-corrected chi connectivity index (χ2v) is 5.81. The summed E-state index contributed by atoms with van der Waals surface area (Å²) in [7, 11) is 0. The predicted molar refractivity (Wildman–Crippen MR) is 79.4 cm³/mol. The van der Waals surface area contributed by atoms with Gasteiger partial charge in [-0.3, -0.25) is 9.69 Å². The van der Waals surface area contributed by atoms with Crippen LogP contribution in [0, 0.1) is 12.7 Å². The number of nitrogens with one attached hydrogen (secondary N) is 1. The molecule has 1 aromatic carbocycles. The highest BCUT2D eigenvalue weighted by atomic mass is 19.1. The molecule has 0 saturated carbocycles. The first-order valence-corrected chi connectivity index (χ1v) is 7.33. The quantitative estimate of drug-likeness (QED) is 0.921. The molecule has 0 aromatic heterocycles. The standard InChI is InChI=1S/C16H23FN2O2/c1-11-6-14(4-5-15(11)17)7-18-16(20)10-19-8-12(2)21-13(3)9-19/h4-6,12-13H,7-10H2,1-3H3,(H,18,20)/t12-,13-/m0/s1. The van der Waals surface area contributed by atoms with Crippen LogP contribution in [0.4, 0.5) is 4.39 Å². The average Bonchev–Trinajstić information content (AvgIpc) is 2.39. The lowest BCUT2D eigenvalue weighted by Gasteiger charge is -2.34. The van der Waals surface area contributed by atoms with Gasteiger partial charge in [0.25, 0.3) is 0 Å². The summed E-state index contributed by atoms with van der Waals surface area (Å²) in [4.78, 5) is 14.1. The van der Waals surface area contributed by atoms with Crippen LogP contribution in [-0.2, 0) is 16.1 Å². The zero-order valence-corrected chi connectivity index (χ0v) is 12.9. The molecule has 1 heterocycles. The van der Waals surface area contributed by atoms with Gasteiger partial charge in [0, 0.05) is 19.6 Å². The zero-order chi connectivity index (χ0) is 15.4. The third-order valence-corrected chi connectivity index (χ3v) is 3.57. The van der Waals surface area contributed by atoms with Crippen LogP contribution < -0.4 is 5.32 Å². The Kier molecular flexibility index (Phi) is 5.31. The minimum absolute atomic E-state index is 0.0155.